The number of nitrogens with two attached hydrogens (primary N) is 1. The number of carboxylic acid groups (broad SMARTS) is 1. The van der Waals surface area contributed by atoms with Crippen molar-refractivity contribution in [2.75, 3.05) is 6.54 Å². The third kappa shape index (κ3) is 5.75. The Labute approximate surface area is 202 Å². The van der Waals surface area contributed by atoms with Crippen molar-refractivity contribution in [2.24, 2.45) is 12.8 Å². The summed E-state index contributed by atoms with van der Waals surface area (Å²) < 4.78 is 1.66. The van der Waals surface area contributed by atoms with Crippen LogP contribution >= 0.6 is 0 Å². The molecule has 3 aromatic rings. The number of carbonyl (C=O) groups excluding carboxylic acids is 2. The van der Waals surface area contributed by atoms with Gasteiger partial charge in [0.15, 0.2) is 0 Å². The van der Waals surface area contributed by atoms with E-state index in [1.165, 1.54) is 4.90 Å². The molecule has 3 amide bonds. The predicted molar refractivity (Wildman–Crippen MR) is 128 cm³/mol. The van der Waals surface area contributed by atoms with Crippen molar-refractivity contribution in [2.45, 2.75) is 43.9 Å². The number of amides is 3. The SMILES string of the molecule is Cn1nnc2cc(CNC(=O)[C@@H]3C[C@H](NC(=O)O)CN3C(=O)C(N)CCc3ccccc3)ccc21. The first-order chi connectivity index (χ1) is 16.8. The van der Waals surface area contributed by atoms with Gasteiger partial charge in [0.2, 0.25) is 11.8 Å². The molecule has 2 aromatic carbocycles. The molecule has 1 aliphatic rings. The highest BCUT2D eigenvalue weighted by Crippen LogP contribution is 2.21. The molecule has 0 radical (unpaired) electrons. The van der Waals surface area contributed by atoms with E-state index in [1.54, 1.807) is 11.7 Å². The smallest absolute Gasteiger partial charge is 0.404 e. The molecule has 1 saturated heterocycles. The molecule has 11 nitrogen and oxygen atoms in total. The third-order valence-electron chi connectivity index (χ3n) is 6.26. The van der Waals surface area contributed by atoms with Gasteiger partial charge in [-0.25, -0.2) is 9.48 Å². The zero-order valence-electron chi connectivity index (χ0n) is 19.4. The molecule has 184 valence electrons. The summed E-state index contributed by atoms with van der Waals surface area (Å²) in [6.07, 6.45) is 0.0237. The molecule has 1 fully saturated rings. The Morgan fingerprint density at radius 2 is 1.94 bits per heavy atom. The highest BCUT2D eigenvalue weighted by molar-refractivity contribution is 5.90. The van der Waals surface area contributed by atoms with Gasteiger partial charge in [0.1, 0.15) is 11.6 Å². The van der Waals surface area contributed by atoms with Gasteiger partial charge in [0.05, 0.1) is 17.6 Å². The molecule has 0 saturated carbocycles. The average molecular weight is 480 g/mol. The third-order valence-corrected chi connectivity index (χ3v) is 6.26. The molecule has 0 bridgehead atoms. The maximum absolute atomic E-state index is 13.2. The van der Waals surface area contributed by atoms with E-state index < -0.39 is 24.2 Å². The number of rotatable bonds is 8. The van der Waals surface area contributed by atoms with Crippen molar-refractivity contribution in [1.82, 2.24) is 30.5 Å². The van der Waals surface area contributed by atoms with E-state index in [0.717, 1.165) is 16.6 Å². The van der Waals surface area contributed by atoms with Crippen molar-refractivity contribution in [3.05, 3.63) is 59.7 Å². The molecule has 4 rings (SSSR count). The molecular weight excluding hydrogens is 450 g/mol. The maximum atomic E-state index is 13.2. The first kappa shape index (κ1) is 24.1. The Hall–Kier alpha value is -3.99. The Bertz CT molecular complexity index is 1210. The lowest BCUT2D eigenvalue weighted by Gasteiger charge is -2.26. The van der Waals surface area contributed by atoms with Crippen LogP contribution in [0.25, 0.3) is 11.0 Å². The molecule has 0 aliphatic carbocycles. The molecule has 3 atom stereocenters. The highest BCUT2D eigenvalue weighted by Gasteiger charge is 2.41. The average Bonchev–Trinajstić information content (AvgIpc) is 3.44. The van der Waals surface area contributed by atoms with Gasteiger partial charge in [-0.3, -0.25) is 9.59 Å². The van der Waals surface area contributed by atoms with Crippen molar-refractivity contribution in [3.63, 3.8) is 0 Å². The number of nitrogens with one attached hydrogen (secondary N) is 2. The lowest BCUT2D eigenvalue weighted by molar-refractivity contribution is -0.139. The van der Waals surface area contributed by atoms with Gasteiger partial charge >= 0.3 is 6.09 Å². The normalized spacial score (nSPS) is 18.4. The Morgan fingerprint density at radius 3 is 2.69 bits per heavy atom. The van der Waals surface area contributed by atoms with Gasteiger partial charge in [-0.1, -0.05) is 41.6 Å². The van der Waals surface area contributed by atoms with Crippen molar-refractivity contribution in [1.29, 1.82) is 0 Å². The summed E-state index contributed by atoms with van der Waals surface area (Å²) in [5, 5.41) is 22.4. The summed E-state index contributed by atoms with van der Waals surface area (Å²) in [5.74, 6) is -0.723. The molecule has 5 N–H and O–H groups in total. The lowest BCUT2D eigenvalue weighted by atomic mass is 10.0. The van der Waals surface area contributed by atoms with Crippen LogP contribution in [0.15, 0.2) is 48.5 Å². The number of hydrogen-bond acceptors (Lipinski definition) is 6. The van der Waals surface area contributed by atoms with E-state index in [9.17, 15) is 14.4 Å². The zero-order valence-corrected chi connectivity index (χ0v) is 19.4. The van der Waals surface area contributed by atoms with E-state index in [0.29, 0.717) is 18.4 Å². The van der Waals surface area contributed by atoms with Gasteiger partial charge in [0.25, 0.3) is 0 Å². The first-order valence-electron chi connectivity index (χ1n) is 11.5. The summed E-state index contributed by atoms with van der Waals surface area (Å²) in [4.78, 5) is 38.8. The van der Waals surface area contributed by atoms with Crippen LogP contribution < -0.4 is 16.4 Å². The second kappa shape index (κ2) is 10.5. The van der Waals surface area contributed by atoms with E-state index in [1.807, 2.05) is 48.5 Å². The zero-order chi connectivity index (χ0) is 24.9. The molecule has 1 unspecified atom stereocenters. The molecule has 2 heterocycles. The summed E-state index contributed by atoms with van der Waals surface area (Å²) >= 11 is 0. The van der Waals surface area contributed by atoms with Crippen LogP contribution in [0.5, 0.6) is 0 Å². The Balaban J connectivity index is 1.41. The minimum atomic E-state index is -1.20. The van der Waals surface area contributed by atoms with Gasteiger partial charge < -0.3 is 26.4 Å². The van der Waals surface area contributed by atoms with E-state index >= 15 is 0 Å². The maximum Gasteiger partial charge on any atom is 0.404 e. The topological polar surface area (TPSA) is 155 Å². The number of nitrogens with zero attached hydrogens (tertiary/aromatic N) is 4. The van der Waals surface area contributed by atoms with Crippen molar-refractivity contribution < 1.29 is 19.5 Å². The molecular formula is C24H29N7O4. The molecule has 0 spiro atoms. The van der Waals surface area contributed by atoms with Crippen LogP contribution in [0, 0.1) is 0 Å². The number of aromatic nitrogens is 3. The number of benzene rings is 2. The van der Waals surface area contributed by atoms with E-state index in [-0.39, 0.29) is 31.3 Å². The number of fused-ring (bicyclic) bond motifs is 1. The van der Waals surface area contributed by atoms with Gasteiger partial charge in [-0.05, 0) is 42.5 Å². The van der Waals surface area contributed by atoms with Crippen LogP contribution in [-0.2, 0) is 29.6 Å². The van der Waals surface area contributed by atoms with E-state index in [2.05, 4.69) is 20.9 Å². The quantitative estimate of drug-likeness (QED) is 0.372. The summed E-state index contributed by atoms with van der Waals surface area (Å²) in [5.41, 5.74) is 9.69. The second-order valence-electron chi connectivity index (χ2n) is 8.77. The molecule has 11 heteroatoms. The molecule has 35 heavy (non-hydrogen) atoms. The van der Waals surface area contributed by atoms with Crippen LogP contribution in [0.1, 0.15) is 24.0 Å². The van der Waals surface area contributed by atoms with Crippen LogP contribution in [-0.4, -0.2) is 67.6 Å². The largest absolute Gasteiger partial charge is 0.465 e. The minimum Gasteiger partial charge on any atom is -0.465 e. The van der Waals surface area contributed by atoms with Crippen LogP contribution in [0.2, 0.25) is 0 Å². The fraction of sp³-hybridized carbons (Fsp3) is 0.375. The summed E-state index contributed by atoms with van der Waals surface area (Å²) in [7, 11) is 1.80. The second-order valence-corrected chi connectivity index (χ2v) is 8.77. The molecule has 1 aliphatic heterocycles. The van der Waals surface area contributed by atoms with Gasteiger partial charge in [-0.2, -0.15) is 0 Å². The summed E-state index contributed by atoms with van der Waals surface area (Å²) in [6, 6.07) is 13.1. The van der Waals surface area contributed by atoms with Gasteiger partial charge in [-0.15, -0.1) is 5.10 Å². The van der Waals surface area contributed by atoms with Gasteiger partial charge in [0, 0.05) is 20.1 Å². The van der Waals surface area contributed by atoms with Crippen LogP contribution in [0.4, 0.5) is 4.79 Å². The minimum absolute atomic E-state index is 0.0911. The highest BCUT2D eigenvalue weighted by atomic mass is 16.4. The summed E-state index contributed by atoms with van der Waals surface area (Å²) in [6.45, 7) is 0.328. The van der Waals surface area contributed by atoms with E-state index in [4.69, 9.17) is 10.8 Å². The number of aryl methyl sites for hydroxylation is 2. The Kier molecular flexibility index (Phi) is 7.25. The fourth-order valence-corrected chi connectivity index (χ4v) is 4.41. The van der Waals surface area contributed by atoms with Crippen molar-refractivity contribution in [3.8, 4) is 0 Å². The first-order valence-corrected chi connectivity index (χ1v) is 11.5. The fourth-order valence-electron chi connectivity index (χ4n) is 4.41. The molecule has 1 aromatic heterocycles. The number of likely N-dealkylation sites (tertiary alicyclic amines) is 1. The van der Waals surface area contributed by atoms with Crippen molar-refractivity contribution >= 4 is 28.9 Å². The number of hydrogen-bond donors (Lipinski definition) is 4. The van der Waals surface area contributed by atoms with Crippen LogP contribution in [0.3, 0.4) is 0 Å². The standard InChI is InChI=1S/C24H29N7O4/c1-30-20-10-8-16(11-19(20)28-29-30)13-26-22(32)21-12-17(27-24(34)35)14-31(21)23(33)18(25)9-7-15-5-3-2-4-6-15/h2-6,8,10-11,17-18,21,27H,7,9,12-14,25H2,1H3,(H,26,32)(H,34,35)/t17-,18?,21-/m0/s1. The predicted octanol–water partition coefficient (Wildman–Crippen LogP) is 0.782. The monoisotopic (exact) mass is 479 g/mol. The lowest BCUT2D eigenvalue weighted by Crippen LogP contribution is -2.51. The number of carbonyl (C=O) groups is 3. The Morgan fingerprint density at radius 1 is 1.17 bits per heavy atom.